The Morgan fingerprint density at radius 2 is 1.33 bits per heavy atom. The van der Waals surface area contributed by atoms with Crippen LogP contribution in [0, 0.1) is 0 Å². The van der Waals surface area contributed by atoms with Crippen molar-refractivity contribution in [1.29, 1.82) is 0 Å². The summed E-state index contributed by atoms with van der Waals surface area (Å²) in [4.78, 5) is 7.86. The second-order valence-corrected chi connectivity index (χ2v) is 5.32. The van der Waals surface area contributed by atoms with Crippen LogP contribution >= 0.6 is 0 Å². The molecule has 0 aliphatic rings. The van der Waals surface area contributed by atoms with E-state index in [-0.39, 0.29) is 23.5 Å². The van der Waals surface area contributed by atoms with Crippen molar-refractivity contribution in [3.8, 4) is 29.1 Å². The summed E-state index contributed by atoms with van der Waals surface area (Å²) in [5, 5.41) is 0. The van der Waals surface area contributed by atoms with E-state index in [4.69, 9.17) is 19.9 Å². The van der Waals surface area contributed by atoms with Crippen molar-refractivity contribution in [2.75, 3.05) is 12.8 Å². The SMILES string of the molecule is COc1nc(N)cc(Oc2ccc(Oc3ccc(C(F)(F)F)cc3)cc2)n1. The van der Waals surface area contributed by atoms with Crippen LogP contribution in [-0.4, -0.2) is 17.1 Å². The molecule has 0 aliphatic heterocycles. The fourth-order valence-electron chi connectivity index (χ4n) is 2.11. The lowest BCUT2D eigenvalue weighted by atomic mass is 10.2. The Hall–Kier alpha value is -3.49. The number of ether oxygens (including phenoxy) is 3. The molecule has 2 aromatic carbocycles. The highest BCUT2D eigenvalue weighted by molar-refractivity contribution is 5.40. The maximum atomic E-state index is 12.6. The summed E-state index contributed by atoms with van der Waals surface area (Å²) in [5.41, 5.74) is 4.90. The quantitative estimate of drug-likeness (QED) is 0.696. The van der Waals surface area contributed by atoms with Crippen molar-refractivity contribution >= 4 is 5.82 Å². The number of nitrogen functional groups attached to an aromatic ring is 1. The fraction of sp³-hybridized carbons (Fsp3) is 0.111. The standard InChI is InChI=1S/C18H14F3N3O3/c1-25-17-23-15(22)10-16(24-17)27-14-8-6-13(7-9-14)26-12-4-2-11(3-5-12)18(19,20)21/h2-10H,1H3,(H2,22,23,24). The number of alkyl halides is 3. The summed E-state index contributed by atoms with van der Waals surface area (Å²) in [6.45, 7) is 0. The lowest BCUT2D eigenvalue weighted by molar-refractivity contribution is -0.137. The first kappa shape index (κ1) is 18.3. The number of halogens is 3. The molecule has 0 atom stereocenters. The maximum Gasteiger partial charge on any atom is 0.416 e. The van der Waals surface area contributed by atoms with Crippen molar-refractivity contribution < 1.29 is 27.4 Å². The van der Waals surface area contributed by atoms with Crippen LogP contribution in [0.4, 0.5) is 19.0 Å². The van der Waals surface area contributed by atoms with Gasteiger partial charge >= 0.3 is 12.2 Å². The highest BCUT2D eigenvalue weighted by Crippen LogP contribution is 2.32. The van der Waals surface area contributed by atoms with E-state index in [0.717, 1.165) is 12.1 Å². The van der Waals surface area contributed by atoms with Gasteiger partial charge in [0.1, 0.15) is 23.1 Å². The van der Waals surface area contributed by atoms with Crippen molar-refractivity contribution in [1.82, 2.24) is 9.97 Å². The third kappa shape index (κ3) is 4.78. The summed E-state index contributed by atoms with van der Waals surface area (Å²) in [6, 6.07) is 12.4. The van der Waals surface area contributed by atoms with Gasteiger partial charge in [-0.25, -0.2) is 0 Å². The lowest BCUT2D eigenvalue weighted by Gasteiger charge is -2.10. The van der Waals surface area contributed by atoms with Crippen LogP contribution in [-0.2, 0) is 6.18 Å². The van der Waals surface area contributed by atoms with E-state index in [1.807, 2.05) is 0 Å². The molecule has 0 spiro atoms. The summed E-state index contributed by atoms with van der Waals surface area (Å²) in [6.07, 6.45) is -4.38. The van der Waals surface area contributed by atoms with Gasteiger partial charge in [-0.1, -0.05) is 0 Å². The molecule has 3 rings (SSSR count). The van der Waals surface area contributed by atoms with Crippen molar-refractivity contribution in [2.45, 2.75) is 6.18 Å². The monoisotopic (exact) mass is 377 g/mol. The van der Waals surface area contributed by atoms with Crippen LogP contribution in [0.25, 0.3) is 0 Å². The van der Waals surface area contributed by atoms with Crippen LogP contribution in [0.3, 0.4) is 0 Å². The predicted octanol–water partition coefficient (Wildman–Crippen LogP) is 4.67. The smallest absolute Gasteiger partial charge is 0.416 e. The topological polar surface area (TPSA) is 79.5 Å². The second kappa shape index (κ2) is 7.40. The highest BCUT2D eigenvalue weighted by Gasteiger charge is 2.30. The number of nitrogens with two attached hydrogens (primary N) is 1. The second-order valence-electron chi connectivity index (χ2n) is 5.32. The number of anilines is 1. The third-order valence-corrected chi connectivity index (χ3v) is 3.35. The molecule has 0 bridgehead atoms. The molecule has 1 heterocycles. The third-order valence-electron chi connectivity index (χ3n) is 3.35. The Morgan fingerprint density at radius 1 is 0.815 bits per heavy atom. The molecule has 2 N–H and O–H groups in total. The number of methoxy groups -OCH3 is 1. The number of hydrogen-bond acceptors (Lipinski definition) is 6. The minimum atomic E-state index is -4.38. The van der Waals surface area contributed by atoms with Crippen LogP contribution in [0.2, 0.25) is 0 Å². The Morgan fingerprint density at radius 3 is 1.85 bits per heavy atom. The van der Waals surface area contributed by atoms with Gasteiger partial charge in [0.15, 0.2) is 0 Å². The van der Waals surface area contributed by atoms with Crippen molar-refractivity contribution in [3.63, 3.8) is 0 Å². The molecule has 9 heteroatoms. The molecular weight excluding hydrogens is 363 g/mol. The zero-order chi connectivity index (χ0) is 19.4. The van der Waals surface area contributed by atoms with E-state index in [1.165, 1.54) is 25.3 Å². The minimum absolute atomic E-state index is 0.0762. The zero-order valence-electron chi connectivity index (χ0n) is 14.0. The zero-order valence-corrected chi connectivity index (χ0v) is 14.0. The minimum Gasteiger partial charge on any atom is -0.467 e. The number of aromatic nitrogens is 2. The van der Waals surface area contributed by atoms with Gasteiger partial charge in [0.25, 0.3) is 0 Å². The maximum absolute atomic E-state index is 12.6. The van der Waals surface area contributed by atoms with E-state index < -0.39 is 11.7 Å². The Balaban J connectivity index is 1.68. The first-order valence-electron chi connectivity index (χ1n) is 7.65. The van der Waals surface area contributed by atoms with Gasteiger partial charge in [-0.3, -0.25) is 0 Å². The molecule has 0 radical (unpaired) electrons. The molecular formula is C18H14F3N3O3. The van der Waals surface area contributed by atoms with Gasteiger partial charge in [-0.05, 0) is 48.5 Å². The van der Waals surface area contributed by atoms with Gasteiger partial charge in [-0.2, -0.15) is 23.1 Å². The van der Waals surface area contributed by atoms with Crippen LogP contribution in [0.5, 0.6) is 29.1 Å². The normalized spacial score (nSPS) is 11.1. The van der Waals surface area contributed by atoms with Gasteiger partial charge in [0.05, 0.1) is 12.7 Å². The molecule has 1 aromatic heterocycles. The summed E-state index contributed by atoms with van der Waals surface area (Å²) in [5.74, 6) is 1.57. The first-order valence-corrected chi connectivity index (χ1v) is 7.65. The molecule has 6 nitrogen and oxygen atoms in total. The molecule has 0 unspecified atom stereocenters. The van der Waals surface area contributed by atoms with Crippen LogP contribution < -0.4 is 19.9 Å². The van der Waals surface area contributed by atoms with Crippen LogP contribution in [0.1, 0.15) is 5.56 Å². The molecule has 0 aliphatic carbocycles. The van der Waals surface area contributed by atoms with E-state index in [9.17, 15) is 13.2 Å². The molecule has 3 aromatic rings. The molecule has 0 saturated heterocycles. The molecule has 0 saturated carbocycles. The van der Waals surface area contributed by atoms with Crippen molar-refractivity contribution in [3.05, 3.63) is 60.2 Å². The largest absolute Gasteiger partial charge is 0.467 e. The Kier molecular flexibility index (Phi) is 5.02. The summed E-state index contributed by atoms with van der Waals surface area (Å²) in [7, 11) is 1.41. The number of rotatable bonds is 5. The van der Waals surface area contributed by atoms with Crippen LogP contribution in [0.15, 0.2) is 54.6 Å². The van der Waals surface area contributed by atoms with Crippen molar-refractivity contribution in [2.24, 2.45) is 0 Å². The summed E-state index contributed by atoms with van der Waals surface area (Å²) < 4.78 is 53.7. The average Bonchev–Trinajstić information content (AvgIpc) is 2.62. The molecule has 140 valence electrons. The molecule has 27 heavy (non-hydrogen) atoms. The number of benzene rings is 2. The molecule has 0 amide bonds. The van der Waals surface area contributed by atoms with Gasteiger partial charge in [0, 0.05) is 6.07 Å². The average molecular weight is 377 g/mol. The van der Waals surface area contributed by atoms with E-state index in [0.29, 0.717) is 11.5 Å². The number of hydrogen-bond donors (Lipinski definition) is 1. The highest BCUT2D eigenvalue weighted by atomic mass is 19.4. The summed E-state index contributed by atoms with van der Waals surface area (Å²) >= 11 is 0. The van der Waals surface area contributed by atoms with Gasteiger partial charge in [0.2, 0.25) is 5.88 Å². The van der Waals surface area contributed by atoms with E-state index in [2.05, 4.69) is 9.97 Å². The van der Waals surface area contributed by atoms with E-state index >= 15 is 0 Å². The number of nitrogens with zero attached hydrogens (tertiary/aromatic N) is 2. The predicted molar refractivity (Wildman–Crippen MR) is 91.0 cm³/mol. The Bertz CT molecular complexity index is 914. The molecule has 0 fully saturated rings. The van der Waals surface area contributed by atoms with E-state index in [1.54, 1.807) is 24.3 Å². The first-order chi connectivity index (χ1) is 12.8. The lowest BCUT2D eigenvalue weighted by Crippen LogP contribution is -2.03. The van der Waals surface area contributed by atoms with Gasteiger partial charge in [-0.15, -0.1) is 0 Å². The fourth-order valence-corrected chi connectivity index (χ4v) is 2.11. The van der Waals surface area contributed by atoms with Gasteiger partial charge < -0.3 is 19.9 Å². The Labute approximate surface area is 152 Å².